The zero-order valence-electron chi connectivity index (χ0n) is 11.1. The van der Waals surface area contributed by atoms with Crippen LogP contribution in [0, 0.1) is 12.7 Å². The lowest BCUT2D eigenvalue weighted by molar-refractivity contribution is 0.626. The van der Waals surface area contributed by atoms with Crippen molar-refractivity contribution in [3.8, 4) is 0 Å². The van der Waals surface area contributed by atoms with Gasteiger partial charge in [-0.05, 0) is 36.8 Å². The van der Waals surface area contributed by atoms with Crippen LogP contribution >= 0.6 is 0 Å². The van der Waals surface area contributed by atoms with Crippen LogP contribution in [0.15, 0.2) is 47.6 Å². The fourth-order valence-electron chi connectivity index (χ4n) is 2.37. The molecule has 1 aromatic heterocycles. The van der Waals surface area contributed by atoms with Crippen LogP contribution in [0.25, 0.3) is 0 Å². The van der Waals surface area contributed by atoms with E-state index < -0.39 is 0 Å². The van der Waals surface area contributed by atoms with Crippen molar-refractivity contribution in [2.75, 3.05) is 11.4 Å². The zero-order chi connectivity index (χ0) is 14.1. The molecule has 1 unspecified atom stereocenters. The number of pyridine rings is 1. The van der Waals surface area contributed by atoms with Gasteiger partial charge in [0.05, 0.1) is 12.6 Å². The molecule has 0 fully saturated rings. The van der Waals surface area contributed by atoms with Crippen LogP contribution in [0.2, 0.25) is 0 Å². The largest absolute Gasteiger partial charge is 0.369 e. The summed E-state index contributed by atoms with van der Waals surface area (Å²) in [6.45, 7) is 2.49. The molecule has 102 valence electrons. The number of nitrogens with zero attached hydrogens (tertiary/aromatic N) is 3. The maximum atomic E-state index is 13.4. The lowest BCUT2D eigenvalue weighted by atomic mass is 10.1. The minimum Gasteiger partial charge on any atom is -0.369 e. The third kappa shape index (κ3) is 2.22. The highest BCUT2D eigenvalue weighted by Crippen LogP contribution is 2.31. The van der Waals surface area contributed by atoms with Gasteiger partial charge in [0.25, 0.3) is 0 Å². The maximum Gasteiger partial charge on any atom is 0.196 e. The first-order valence-electron chi connectivity index (χ1n) is 6.42. The van der Waals surface area contributed by atoms with E-state index in [2.05, 4.69) is 9.98 Å². The number of aliphatic imine (C=N–C) groups is 1. The number of rotatable bonds is 2. The standard InChI is InChI=1S/C15H15FN4/c1-10-5-6-11(8-18-10)14-9-19-15(17)20(14)13-4-2-3-12(16)7-13/h2-8,14H,9H2,1H3,(H2,17,19). The van der Waals surface area contributed by atoms with E-state index in [1.807, 2.05) is 36.2 Å². The van der Waals surface area contributed by atoms with Gasteiger partial charge in [0.1, 0.15) is 5.82 Å². The Morgan fingerprint density at radius 1 is 1.30 bits per heavy atom. The third-order valence-corrected chi connectivity index (χ3v) is 3.39. The first-order chi connectivity index (χ1) is 9.65. The molecular formula is C15H15FN4. The molecule has 0 saturated carbocycles. The molecule has 0 spiro atoms. The van der Waals surface area contributed by atoms with Gasteiger partial charge < -0.3 is 10.6 Å². The number of nitrogens with two attached hydrogens (primary N) is 1. The SMILES string of the molecule is Cc1ccc(C2CN=C(N)N2c2cccc(F)c2)cn1. The number of benzene rings is 1. The van der Waals surface area contributed by atoms with Gasteiger partial charge in [-0.1, -0.05) is 12.1 Å². The van der Waals surface area contributed by atoms with Gasteiger partial charge in [-0.2, -0.15) is 0 Å². The Morgan fingerprint density at radius 2 is 2.15 bits per heavy atom. The van der Waals surface area contributed by atoms with Crippen molar-refractivity contribution in [1.29, 1.82) is 0 Å². The topological polar surface area (TPSA) is 54.5 Å². The van der Waals surface area contributed by atoms with Crippen LogP contribution in [0.1, 0.15) is 17.3 Å². The summed E-state index contributed by atoms with van der Waals surface area (Å²) in [6.07, 6.45) is 1.82. The zero-order valence-corrected chi connectivity index (χ0v) is 11.1. The summed E-state index contributed by atoms with van der Waals surface area (Å²) in [5, 5.41) is 0. The molecule has 1 atom stereocenters. The van der Waals surface area contributed by atoms with Crippen LogP contribution in [-0.4, -0.2) is 17.5 Å². The Balaban J connectivity index is 1.98. The molecule has 1 aliphatic heterocycles. The van der Waals surface area contributed by atoms with Crippen molar-refractivity contribution in [3.63, 3.8) is 0 Å². The fourth-order valence-corrected chi connectivity index (χ4v) is 2.37. The van der Waals surface area contributed by atoms with Gasteiger partial charge in [-0.15, -0.1) is 0 Å². The van der Waals surface area contributed by atoms with E-state index in [9.17, 15) is 4.39 Å². The van der Waals surface area contributed by atoms with Crippen LogP contribution < -0.4 is 10.6 Å². The highest BCUT2D eigenvalue weighted by molar-refractivity contribution is 5.97. The average molecular weight is 270 g/mol. The lowest BCUT2D eigenvalue weighted by Gasteiger charge is -2.26. The highest BCUT2D eigenvalue weighted by atomic mass is 19.1. The van der Waals surface area contributed by atoms with E-state index in [1.165, 1.54) is 12.1 Å². The Bertz CT molecular complexity index is 651. The van der Waals surface area contributed by atoms with Crippen molar-refractivity contribution < 1.29 is 4.39 Å². The van der Waals surface area contributed by atoms with Crippen LogP contribution in [0.5, 0.6) is 0 Å². The monoisotopic (exact) mass is 270 g/mol. The van der Waals surface area contributed by atoms with Gasteiger partial charge >= 0.3 is 0 Å². The molecule has 1 aromatic carbocycles. The molecule has 5 heteroatoms. The van der Waals surface area contributed by atoms with E-state index in [4.69, 9.17) is 5.73 Å². The number of hydrogen-bond acceptors (Lipinski definition) is 4. The molecule has 0 saturated heterocycles. The van der Waals surface area contributed by atoms with Gasteiger partial charge in [0, 0.05) is 17.6 Å². The molecule has 0 radical (unpaired) electrons. The summed E-state index contributed by atoms with van der Waals surface area (Å²) >= 11 is 0. The fraction of sp³-hybridized carbons (Fsp3) is 0.200. The maximum absolute atomic E-state index is 13.4. The predicted molar refractivity (Wildman–Crippen MR) is 77.1 cm³/mol. The van der Waals surface area contributed by atoms with Crippen LogP contribution in [-0.2, 0) is 0 Å². The van der Waals surface area contributed by atoms with Crippen LogP contribution in [0.3, 0.4) is 0 Å². The number of hydrogen-bond donors (Lipinski definition) is 1. The molecule has 0 amide bonds. The summed E-state index contributed by atoms with van der Waals surface area (Å²) in [5.74, 6) is 0.115. The first-order valence-corrected chi connectivity index (χ1v) is 6.42. The highest BCUT2D eigenvalue weighted by Gasteiger charge is 2.29. The summed E-state index contributed by atoms with van der Waals surface area (Å²) in [7, 11) is 0. The predicted octanol–water partition coefficient (Wildman–Crippen LogP) is 2.41. The van der Waals surface area contributed by atoms with Crippen LogP contribution in [0.4, 0.5) is 10.1 Å². The molecule has 20 heavy (non-hydrogen) atoms. The first kappa shape index (κ1) is 12.6. The second-order valence-corrected chi connectivity index (χ2v) is 4.80. The number of anilines is 1. The Labute approximate surface area is 116 Å². The van der Waals surface area contributed by atoms with E-state index in [-0.39, 0.29) is 11.9 Å². The second kappa shape index (κ2) is 4.92. The molecule has 3 rings (SSSR count). The van der Waals surface area contributed by atoms with Crippen molar-refractivity contribution in [1.82, 2.24) is 4.98 Å². The molecule has 0 aliphatic carbocycles. The third-order valence-electron chi connectivity index (χ3n) is 3.39. The number of aryl methyl sites for hydroxylation is 1. The van der Waals surface area contributed by atoms with E-state index >= 15 is 0 Å². The molecule has 2 heterocycles. The van der Waals surface area contributed by atoms with E-state index in [0.717, 1.165) is 11.3 Å². The van der Waals surface area contributed by atoms with Gasteiger partial charge in [-0.3, -0.25) is 9.98 Å². The Hall–Kier alpha value is -2.43. The smallest absolute Gasteiger partial charge is 0.196 e. The number of guanidine groups is 1. The van der Waals surface area contributed by atoms with Crippen molar-refractivity contribution in [2.45, 2.75) is 13.0 Å². The molecular weight excluding hydrogens is 255 g/mol. The number of halogens is 1. The van der Waals surface area contributed by atoms with Crippen molar-refractivity contribution in [3.05, 3.63) is 59.7 Å². The minimum atomic E-state index is -0.289. The van der Waals surface area contributed by atoms with Gasteiger partial charge in [0.15, 0.2) is 5.96 Å². The second-order valence-electron chi connectivity index (χ2n) is 4.80. The normalized spacial score (nSPS) is 18.2. The van der Waals surface area contributed by atoms with E-state index in [0.29, 0.717) is 18.2 Å². The van der Waals surface area contributed by atoms with Gasteiger partial charge in [0.2, 0.25) is 0 Å². The average Bonchev–Trinajstić information content (AvgIpc) is 2.81. The molecule has 2 aromatic rings. The molecule has 0 bridgehead atoms. The summed E-state index contributed by atoms with van der Waals surface area (Å²) in [6, 6.07) is 10.3. The quantitative estimate of drug-likeness (QED) is 0.911. The Kier molecular flexibility index (Phi) is 3.10. The summed E-state index contributed by atoms with van der Waals surface area (Å²) in [4.78, 5) is 10.4. The molecule has 1 aliphatic rings. The summed E-state index contributed by atoms with van der Waals surface area (Å²) in [5.41, 5.74) is 8.63. The molecule has 2 N–H and O–H groups in total. The lowest BCUT2D eigenvalue weighted by Crippen LogP contribution is -2.36. The number of aromatic nitrogens is 1. The Morgan fingerprint density at radius 3 is 2.85 bits per heavy atom. The minimum absolute atomic E-state index is 0.0371. The molecule has 4 nitrogen and oxygen atoms in total. The van der Waals surface area contributed by atoms with Crippen molar-refractivity contribution >= 4 is 11.6 Å². The van der Waals surface area contributed by atoms with Gasteiger partial charge in [-0.25, -0.2) is 4.39 Å². The summed E-state index contributed by atoms with van der Waals surface area (Å²) < 4.78 is 13.4. The van der Waals surface area contributed by atoms with E-state index in [1.54, 1.807) is 6.07 Å². The van der Waals surface area contributed by atoms with Crippen molar-refractivity contribution in [2.24, 2.45) is 10.7 Å².